The molecule has 4 rings (SSSR count). The number of carbonyl (C=O) groups excluding carboxylic acids is 1. The summed E-state index contributed by atoms with van der Waals surface area (Å²) in [6.07, 6.45) is 1.33. The highest BCUT2D eigenvalue weighted by molar-refractivity contribution is 5.74. The maximum absolute atomic E-state index is 12.3. The molecule has 1 aliphatic rings. The van der Waals surface area contributed by atoms with Gasteiger partial charge in [0.05, 0.1) is 18.5 Å². The number of nitrogens with zero attached hydrogens (tertiary/aromatic N) is 5. The maximum Gasteiger partial charge on any atom is 0.410 e. The lowest BCUT2D eigenvalue weighted by atomic mass is 10.1. The van der Waals surface area contributed by atoms with Gasteiger partial charge in [0.2, 0.25) is 0 Å². The van der Waals surface area contributed by atoms with Crippen molar-refractivity contribution in [2.45, 2.75) is 26.4 Å². The molecule has 0 aliphatic carbocycles. The highest BCUT2D eigenvalue weighted by Gasteiger charge is 2.26. The lowest BCUT2D eigenvalue weighted by Crippen LogP contribution is -2.50. The van der Waals surface area contributed by atoms with E-state index >= 15 is 0 Å². The van der Waals surface area contributed by atoms with Gasteiger partial charge in [-0.05, 0) is 45.0 Å². The topological polar surface area (TPSA) is 100.0 Å². The molecule has 182 valence electrons. The third kappa shape index (κ3) is 5.81. The average Bonchev–Trinajstić information content (AvgIpc) is 3.31. The standard InChI is InChI=1S/C25H29N7O3/c1-25(2,3)35-24(33)32-12-10-31(11-13-32)18-7-8-19(21(14-18)34-5)20-15-23(30-29-20)28-17-6-9-22(26-4)27-16-17/h6-9,14-16H,10-13H2,1-3,5H3,(H2,28,29,30). The summed E-state index contributed by atoms with van der Waals surface area (Å²) in [6, 6.07) is 11.4. The van der Waals surface area contributed by atoms with Gasteiger partial charge < -0.3 is 29.4 Å². The Bertz CT molecular complexity index is 1220. The van der Waals surface area contributed by atoms with Gasteiger partial charge in [0.25, 0.3) is 5.82 Å². The van der Waals surface area contributed by atoms with E-state index in [0.717, 1.165) is 28.4 Å². The number of methoxy groups -OCH3 is 1. The molecule has 35 heavy (non-hydrogen) atoms. The van der Waals surface area contributed by atoms with E-state index in [9.17, 15) is 4.79 Å². The first-order valence-electron chi connectivity index (χ1n) is 11.3. The van der Waals surface area contributed by atoms with Crippen LogP contribution in [-0.2, 0) is 4.74 Å². The van der Waals surface area contributed by atoms with Crippen LogP contribution in [0.2, 0.25) is 0 Å². The van der Waals surface area contributed by atoms with E-state index in [0.29, 0.717) is 37.8 Å². The summed E-state index contributed by atoms with van der Waals surface area (Å²) in [5.41, 5.74) is 2.95. The van der Waals surface area contributed by atoms with Crippen molar-refractivity contribution in [3.63, 3.8) is 0 Å². The largest absolute Gasteiger partial charge is 0.496 e. The van der Waals surface area contributed by atoms with E-state index in [1.54, 1.807) is 30.3 Å². The number of hydrogen-bond donors (Lipinski definition) is 2. The van der Waals surface area contributed by atoms with E-state index in [1.165, 1.54) is 0 Å². The predicted molar refractivity (Wildman–Crippen MR) is 134 cm³/mol. The Morgan fingerprint density at radius 1 is 1.14 bits per heavy atom. The fourth-order valence-electron chi connectivity index (χ4n) is 3.77. The van der Waals surface area contributed by atoms with Gasteiger partial charge in [-0.15, -0.1) is 4.98 Å². The maximum atomic E-state index is 12.3. The number of amides is 1. The molecule has 3 heterocycles. The molecule has 0 spiro atoms. The predicted octanol–water partition coefficient (Wildman–Crippen LogP) is 4.83. The fourth-order valence-corrected chi connectivity index (χ4v) is 3.77. The third-order valence-corrected chi connectivity index (χ3v) is 5.48. The molecule has 1 amide bonds. The molecule has 0 radical (unpaired) electrons. The zero-order chi connectivity index (χ0) is 25.0. The van der Waals surface area contributed by atoms with Crippen LogP contribution >= 0.6 is 0 Å². The minimum atomic E-state index is -0.501. The van der Waals surface area contributed by atoms with Crippen molar-refractivity contribution < 1.29 is 14.3 Å². The molecule has 1 aromatic carbocycles. The summed E-state index contributed by atoms with van der Waals surface area (Å²) in [6.45, 7) is 15.2. The number of nitrogens with one attached hydrogen (secondary N) is 2. The van der Waals surface area contributed by atoms with E-state index in [4.69, 9.17) is 16.0 Å². The lowest BCUT2D eigenvalue weighted by molar-refractivity contribution is 0.0240. The van der Waals surface area contributed by atoms with Crippen LogP contribution in [0.15, 0.2) is 42.6 Å². The van der Waals surface area contributed by atoms with Crippen LogP contribution in [0, 0.1) is 6.57 Å². The minimum absolute atomic E-state index is 0.271. The van der Waals surface area contributed by atoms with Crippen LogP contribution < -0.4 is 15.0 Å². The first-order valence-corrected chi connectivity index (χ1v) is 11.3. The van der Waals surface area contributed by atoms with Crippen LogP contribution in [0.4, 0.5) is 27.8 Å². The van der Waals surface area contributed by atoms with Crippen molar-refractivity contribution in [2.24, 2.45) is 0 Å². The normalized spacial score (nSPS) is 13.8. The van der Waals surface area contributed by atoms with Gasteiger partial charge in [-0.25, -0.2) is 4.79 Å². The van der Waals surface area contributed by atoms with Crippen LogP contribution in [0.3, 0.4) is 0 Å². The number of pyridine rings is 1. The van der Waals surface area contributed by atoms with Crippen molar-refractivity contribution in [3.05, 3.63) is 54.0 Å². The zero-order valence-corrected chi connectivity index (χ0v) is 20.3. The number of rotatable bonds is 5. The molecule has 1 fully saturated rings. The van der Waals surface area contributed by atoms with E-state index in [1.807, 2.05) is 45.0 Å². The van der Waals surface area contributed by atoms with Gasteiger partial charge >= 0.3 is 6.09 Å². The molecule has 2 N–H and O–H groups in total. The quantitative estimate of drug-likeness (QED) is 0.510. The molecule has 3 aromatic rings. The molecule has 1 aliphatic heterocycles. The Morgan fingerprint density at radius 2 is 1.91 bits per heavy atom. The Hall–Kier alpha value is -4.26. The minimum Gasteiger partial charge on any atom is -0.496 e. The average molecular weight is 476 g/mol. The summed E-state index contributed by atoms with van der Waals surface area (Å²) >= 11 is 0. The molecule has 0 atom stereocenters. The first kappa shape index (κ1) is 23.9. The summed E-state index contributed by atoms with van der Waals surface area (Å²) in [7, 11) is 1.64. The van der Waals surface area contributed by atoms with Crippen LogP contribution in [0.25, 0.3) is 16.1 Å². The second kappa shape index (κ2) is 9.93. The molecule has 2 aromatic heterocycles. The second-order valence-electron chi connectivity index (χ2n) is 9.15. The number of anilines is 3. The molecule has 10 nitrogen and oxygen atoms in total. The Labute approximate surface area is 204 Å². The number of ether oxygens (including phenoxy) is 2. The number of carbonyl (C=O) groups is 1. The number of H-pyrrole nitrogens is 1. The van der Waals surface area contributed by atoms with Gasteiger partial charge in [0, 0.05) is 49.6 Å². The van der Waals surface area contributed by atoms with E-state index < -0.39 is 5.60 Å². The summed E-state index contributed by atoms with van der Waals surface area (Å²) in [5, 5.41) is 10.5. The van der Waals surface area contributed by atoms with E-state index in [-0.39, 0.29) is 6.09 Å². The monoisotopic (exact) mass is 475 g/mol. The van der Waals surface area contributed by atoms with Gasteiger partial charge in [0.1, 0.15) is 17.5 Å². The fraction of sp³-hybridized carbons (Fsp3) is 0.360. The Balaban J connectivity index is 1.43. The second-order valence-corrected chi connectivity index (χ2v) is 9.15. The molecule has 0 unspecified atom stereocenters. The zero-order valence-electron chi connectivity index (χ0n) is 20.3. The summed E-state index contributed by atoms with van der Waals surface area (Å²) in [5.74, 6) is 1.69. The van der Waals surface area contributed by atoms with Gasteiger partial charge in [-0.3, -0.25) is 5.10 Å². The first-order chi connectivity index (χ1) is 16.8. The SMILES string of the molecule is [C-]#[N+]c1ccc(Nc2cc(-c3ccc(N4CCN(C(=O)OC(C)(C)C)CC4)cc3OC)[nH]n2)cn1. The van der Waals surface area contributed by atoms with Crippen molar-refractivity contribution in [3.8, 4) is 17.0 Å². The number of piperazine rings is 1. The van der Waals surface area contributed by atoms with Gasteiger partial charge in [-0.1, -0.05) is 6.57 Å². The van der Waals surface area contributed by atoms with Gasteiger partial charge in [0.15, 0.2) is 5.82 Å². The third-order valence-electron chi connectivity index (χ3n) is 5.48. The summed E-state index contributed by atoms with van der Waals surface area (Å²) < 4.78 is 11.2. The van der Waals surface area contributed by atoms with E-state index in [2.05, 4.69) is 30.2 Å². The van der Waals surface area contributed by atoms with Gasteiger partial charge in [-0.2, -0.15) is 5.10 Å². The molecule has 1 saturated heterocycles. The molecular weight excluding hydrogens is 446 g/mol. The lowest BCUT2D eigenvalue weighted by Gasteiger charge is -2.37. The van der Waals surface area contributed by atoms with Crippen molar-refractivity contribution in [1.29, 1.82) is 0 Å². The van der Waals surface area contributed by atoms with Crippen molar-refractivity contribution in [2.75, 3.05) is 43.5 Å². The molecular formula is C25H29N7O3. The van der Waals surface area contributed by atoms with Crippen molar-refractivity contribution >= 4 is 29.1 Å². The van der Waals surface area contributed by atoms with Crippen LogP contribution in [0.1, 0.15) is 20.8 Å². The van der Waals surface area contributed by atoms with Crippen LogP contribution in [0.5, 0.6) is 5.75 Å². The number of aromatic nitrogens is 3. The molecule has 0 bridgehead atoms. The number of aromatic amines is 1. The highest BCUT2D eigenvalue weighted by atomic mass is 16.6. The van der Waals surface area contributed by atoms with Crippen molar-refractivity contribution in [1.82, 2.24) is 20.1 Å². The smallest absolute Gasteiger partial charge is 0.410 e. The number of benzene rings is 1. The Morgan fingerprint density at radius 3 is 2.54 bits per heavy atom. The summed E-state index contributed by atoms with van der Waals surface area (Å²) in [4.78, 5) is 23.7. The Kier molecular flexibility index (Phi) is 6.78. The molecule has 0 saturated carbocycles. The van der Waals surface area contributed by atoms with Crippen LogP contribution in [-0.4, -0.2) is 65.1 Å². The molecule has 10 heteroatoms. The highest BCUT2D eigenvalue weighted by Crippen LogP contribution is 2.34. The number of hydrogen-bond acceptors (Lipinski definition) is 7.